The molecule has 1 aromatic rings. The summed E-state index contributed by atoms with van der Waals surface area (Å²) >= 11 is 0. The third kappa shape index (κ3) is 3.04. The van der Waals surface area contributed by atoms with Gasteiger partial charge >= 0.3 is 0 Å². The third-order valence-electron chi connectivity index (χ3n) is 4.61. The third-order valence-corrected chi connectivity index (χ3v) is 4.61. The van der Waals surface area contributed by atoms with E-state index in [2.05, 4.69) is 11.8 Å². The van der Waals surface area contributed by atoms with Gasteiger partial charge in [-0.3, -0.25) is 19.4 Å². The number of hydrogen-bond donors (Lipinski definition) is 0. The van der Waals surface area contributed by atoms with E-state index in [-0.39, 0.29) is 23.7 Å². The van der Waals surface area contributed by atoms with Crippen molar-refractivity contribution in [3.63, 3.8) is 0 Å². The van der Waals surface area contributed by atoms with E-state index in [1.165, 1.54) is 11.0 Å². The Kier molecular flexibility index (Phi) is 4.25. The van der Waals surface area contributed by atoms with Crippen LogP contribution in [0.2, 0.25) is 0 Å². The zero-order chi connectivity index (χ0) is 15.7. The number of nitrogens with zero attached hydrogens (tertiary/aromatic N) is 2. The van der Waals surface area contributed by atoms with Crippen LogP contribution >= 0.6 is 0 Å². The zero-order valence-electron chi connectivity index (χ0n) is 12.8. The number of likely N-dealkylation sites (tertiary alicyclic amines) is 2. The molecule has 4 nitrogen and oxygen atoms in total. The summed E-state index contributed by atoms with van der Waals surface area (Å²) in [6, 6.07) is 6.89. The Morgan fingerprint density at radius 1 is 1.18 bits per heavy atom. The van der Waals surface area contributed by atoms with Crippen LogP contribution in [-0.2, 0) is 9.59 Å². The molecule has 2 heterocycles. The molecule has 0 aromatic heterocycles. The van der Waals surface area contributed by atoms with Gasteiger partial charge in [-0.2, -0.15) is 0 Å². The lowest BCUT2D eigenvalue weighted by Gasteiger charge is -2.26. The number of amides is 2. The molecule has 5 heteroatoms. The van der Waals surface area contributed by atoms with E-state index >= 15 is 0 Å². The maximum Gasteiger partial charge on any atom is 0.229 e. The number of halogens is 1. The molecule has 0 bridgehead atoms. The van der Waals surface area contributed by atoms with Gasteiger partial charge in [-0.1, -0.05) is 19.1 Å². The Morgan fingerprint density at radius 2 is 1.91 bits per heavy atom. The highest BCUT2D eigenvalue weighted by Crippen LogP contribution is 2.35. The molecule has 2 amide bonds. The number of carbonyl (C=O) groups excluding carboxylic acids is 2. The number of carbonyl (C=O) groups is 2. The molecule has 0 radical (unpaired) electrons. The maximum atomic E-state index is 13.5. The summed E-state index contributed by atoms with van der Waals surface area (Å²) in [4.78, 5) is 27.0. The van der Waals surface area contributed by atoms with Gasteiger partial charge in [0.2, 0.25) is 11.8 Å². The van der Waals surface area contributed by atoms with Gasteiger partial charge < -0.3 is 0 Å². The zero-order valence-corrected chi connectivity index (χ0v) is 12.8. The lowest BCUT2D eigenvalue weighted by molar-refractivity contribution is -0.138. The molecule has 2 atom stereocenters. The van der Waals surface area contributed by atoms with E-state index in [9.17, 15) is 14.0 Å². The smallest absolute Gasteiger partial charge is 0.229 e. The number of imide groups is 1. The second-order valence-corrected chi connectivity index (χ2v) is 6.35. The molecule has 2 aliphatic rings. The molecule has 3 rings (SSSR count). The van der Waals surface area contributed by atoms with E-state index in [1.54, 1.807) is 12.1 Å². The Bertz CT molecular complexity index is 574. The molecule has 0 spiro atoms. The van der Waals surface area contributed by atoms with Crippen LogP contribution in [0.3, 0.4) is 0 Å². The molecule has 1 aromatic carbocycles. The van der Waals surface area contributed by atoms with E-state index in [0.717, 1.165) is 18.5 Å². The van der Waals surface area contributed by atoms with Crippen molar-refractivity contribution >= 4 is 11.8 Å². The van der Waals surface area contributed by atoms with E-state index in [0.29, 0.717) is 31.8 Å². The molecule has 0 unspecified atom stereocenters. The second-order valence-electron chi connectivity index (χ2n) is 6.35. The van der Waals surface area contributed by atoms with Gasteiger partial charge in [-0.05, 0) is 30.0 Å². The summed E-state index contributed by atoms with van der Waals surface area (Å²) in [5, 5.41) is 0. The van der Waals surface area contributed by atoms with Crippen LogP contribution in [0.1, 0.15) is 37.8 Å². The predicted octanol–water partition coefficient (Wildman–Crippen LogP) is 2.36. The fourth-order valence-corrected chi connectivity index (χ4v) is 3.54. The highest BCUT2D eigenvalue weighted by Gasteiger charge is 2.33. The van der Waals surface area contributed by atoms with Crippen LogP contribution in [0.5, 0.6) is 0 Å². The van der Waals surface area contributed by atoms with Crippen LogP contribution in [0.15, 0.2) is 24.3 Å². The van der Waals surface area contributed by atoms with Gasteiger partial charge in [-0.15, -0.1) is 0 Å². The van der Waals surface area contributed by atoms with Crippen molar-refractivity contribution in [2.75, 3.05) is 19.6 Å². The van der Waals surface area contributed by atoms with Crippen LogP contribution in [0.4, 0.5) is 4.39 Å². The summed E-state index contributed by atoms with van der Waals surface area (Å²) < 4.78 is 13.5. The fraction of sp³-hybridized carbons (Fsp3) is 0.529. The fourth-order valence-electron chi connectivity index (χ4n) is 3.54. The largest absolute Gasteiger partial charge is 0.294 e. The van der Waals surface area contributed by atoms with Gasteiger partial charge in [0.05, 0.1) is 0 Å². The Hall–Kier alpha value is -1.75. The van der Waals surface area contributed by atoms with E-state index in [4.69, 9.17) is 0 Å². The summed E-state index contributed by atoms with van der Waals surface area (Å²) in [5.74, 6) is 0.166. The molecular weight excluding hydrogens is 283 g/mol. The lowest BCUT2D eigenvalue weighted by Crippen LogP contribution is -2.38. The van der Waals surface area contributed by atoms with Crippen LogP contribution in [-0.4, -0.2) is 41.2 Å². The lowest BCUT2D eigenvalue weighted by atomic mass is 10.0. The summed E-state index contributed by atoms with van der Waals surface area (Å²) in [6.07, 6.45) is 1.65. The minimum absolute atomic E-state index is 0.0699. The first-order valence-electron chi connectivity index (χ1n) is 7.87. The summed E-state index contributed by atoms with van der Waals surface area (Å²) in [5.41, 5.74) is 0.975. The van der Waals surface area contributed by atoms with Gasteiger partial charge in [0.15, 0.2) is 0 Å². The first kappa shape index (κ1) is 15.2. The van der Waals surface area contributed by atoms with E-state index in [1.807, 2.05) is 6.07 Å². The molecule has 0 saturated carbocycles. The Labute approximate surface area is 129 Å². The van der Waals surface area contributed by atoms with Gasteiger partial charge in [0.1, 0.15) is 5.82 Å². The minimum atomic E-state index is -0.220. The van der Waals surface area contributed by atoms with Gasteiger partial charge in [0, 0.05) is 38.5 Å². The highest BCUT2D eigenvalue weighted by atomic mass is 19.1. The SMILES string of the molecule is C[C@@H]1C[C@@H](c2cccc(F)c2)N(CCN2C(=O)CCC2=O)C1. The Morgan fingerprint density at radius 3 is 2.59 bits per heavy atom. The van der Waals surface area contributed by atoms with Crippen LogP contribution in [0.25, 0.3) is 0 Å². The molecule has 2 aliphatic heterocycles. The average molecular weight is 304 g/mol. The van der Waals surface area contributed by atoms with Crippen molar-refractivity contribution in [2.24, 2.45) is 5.92 Å². The molecule has 118 valence electrons. The second kappa shape index (κ2) is 6.16. The Balaban J connectivity index is 1.69. The van der Waals surface area contributed by atoms with Crippen LogP contribution in [0, 0.1) is 11.7 Å². The normalized spacial score (nSPS) is 26.2. The van der Waals surface area contributed by atoms with Gasteiger partial charge in [0.25, 0.3) is 0 Å². The molecule has 2 saturated heterocycles. The molecule has 0 aliphatic carbocycles. The summed E-state index contributed by atoms with van der Waals surface area (Å²) in [6.45, 7) is 4.19. The molecule has 2 fully saturated rings. The molecule has 22 heavy (non-hydrogen) atoms. The average Bonchev–Trinajstić information content (AvgIpc) is 3.00. The van der Waals surface area contributed by atoms with Crippen LogP contribution < -0.4 is 0 Å². The standard InChI is InChI=1S/C17H21FN2O2/c1-12-9-15(13-3-2-4-14(18)10-13)19(11-12)7-8-20-16(21)5-6-17(20)22/h2-4,10,12,15H,5-9,11H2,1H3/t12-,15+/m1/s1. The monoisotopic (exact) mass is 304 g/mol. The number of benzene rings is 1. The maximum absolute atomic E-state index is 13.5. The topological polar surface area (TPSA) is 40.6 Å². The quantitative estimate of drug-likeness (QED) is 0.802. The highest BCUT2D eigenvalue weighted by molar-refractivity contribution is 6.01. The first-order valence-corrected chi connectivity index (χ1v) is 7.87. The van der Waals surface area contributed by atoms with Crippen molar-refractivity contribution < 1.29 is 14.0 Å². The minimum Gasteiger partial charge on any atom is -0.294 e. The van der Waals surface area contributed by atoms with Crippen molar-refractivity contribution in [2.45, 2.75) is 32.2 Å². The molecule has 0 N–H and O–H groups in total. The predicted molar refractivity (Wildman–Crippen MR) is 80.4 cm³/mol. The number of rotatable bonds is 4. The van der Waals surface area contributed by atoms with Crippen molar-refractivity contribution in [1.82, 2.24) is 9.80 Å². The van der Waals surface area contributed by atoms with Crippen molar-refractivity contribution in [1.29, 1.82) is 0 Å². The number of hydrogen-bond acceptors (Lipinski definition) is 3. The van der Waals surface area contributed by atoms with Crippen molar-refractivity contribution in [3.8, 4) is 0 Å². The van der Waals surface area contributed by atoms with Gasteiger partial charge in [-0.25, -0.2) is 4.39 Å². The first-order chi connectivity index (χ1) is 10.5. The van der Waals surface area contributed by atoms with E-state index < -0.39 is 0 Å². The summed E-state index contributed by atoms with van der Waals surface area (Å²) in [7, 11) is 0. The van der Waals surface area contributed by atoms with Crippen molar-refractivity contribution in [3.05, 3.63) is 35.6 Å². The molecular formula is C17H21FN2O2.